The molecule has 2 aromatic rings. The largest absolute Gasteiger partial charge is 0.337 e. The van der Waals surface area contributed by atoms with E-state index in [1.165, 1.54) is 22.2 Å². The smallest absolute Gasteiger partial charge is 0.275 e. The van der Waals surface area contributed by atoms with E-state index >= 15 is 0 Å². The summed E-state index contributed by atoms with van der Waals surface area (Å²) in [6.07, 6.45) is 0. The van der Waals surface area contributed by atoms with Crippen LogP contribution < -0.4 is 11.3 Å². The molecule has 3 N–H and O–H groups in total. The average Bonchev–Trinajstić information content (AvgIpc) is 2.98. The molecule has 0 aromatic heterocycles. The summed E-state index contributed by atoms with van der Waals surface area (Å²) in [5, 5.41) is 1.92. The molecule has 1 fully saturated rings. The van der Waals surface area contributed by atoms with Gasteiger partial charge in [0, 0.05) is 5.75 Å². The monoisotopic (exact) mass is 313 g/mol. The average molecular weight is 313 g/mol. The number of urea groups is 1. The maximum absolute atomic E-state index is 12.0. The minimum absolute atomic E-state index is 0.287. The predicted molar refractivity (Wildman–Crippen MR) is 87.6 cm³/mol. The van der Waals surface area contributed by atoms with Crippen LogP contribution in [0.1, 0.15) is 16.5 Å². The maximum Gasteiger partial charge on any atom is 0.337 e. The van der Waals surface area contributed by atoms with Crippen LogP contribution in [0.25, 0.3) is 10.8 Å². The summed E-state index contributed by atoms with van der Waals surface area (Å²) in [5.41, 5.74) is 4.57. The topological polar surface area (TPSA) is 75.4 Å². The highest BCUT2D eigenvalue weighted by atomic mass is 32.2. The molecule has 1 atom stereocenters. The molecule has 0 spiro atoms. The molecule has 0 saturated carbocycles. The fraction of sp³-hybridized carbons (Fsp3) is 0.188. The Morgan fingerprint density at radius 1 is 1.32 bits per heavy atom. The van der Waals surface area contributed by atoms with Crippen LogP contribution in [0.2, 0.25) is 0 Å². The summed E-state index contributed by atoms with van der Waals surface area (Å²) in [6, 6.07) is 11.6. The summed E-state index contributed by atoms with van der Waals surface area (Å²) in [4.78, 5) is 24.5. The molecule has 112 valence electrons. The molecule has 1 heterocycles. The Morgan fingerprint density at radius 3 is 2.73 bits per heavy atom. The first-order valence-corrected chi connectivity index (χ1v) is 7.86. The van der Waals surface area contributed by atoms with Crippen molar-refractivity contribution >= 4 is 34.5 Å². The minimum Gasteiger partial charge on any atom is -0.275 e. The molecular formula is C16H15N3O2S. The van der Waals surface area contributed by atoms with Gasteiger partial charge in [0.25, 0.3) is 0 Å². The van der Waals surface area contributed by atoms with Crippen LogP contribution in [0.15, 0.2) is 42.1 Å². The molecule has 5 nitrogen and oxygen atoms in total. The van der Waals surface area contributed by atoms with Crippen LogP contribution in [0.3, 0.4) is 0 Å². The lowest BCUT2D eigenvalue weighted by Crippen LogP contribution is -2.42. The highest BCUT2D eigenvalue weighted by Gasteiger charge is 2.36. The number of rotatable bonds is 1. The number of nitrogens with one attached hydrogen (secondary N) is 1. The molecule has 3 rings (SSSR count). The maximum atomic E-state index is 12.0. The Balaban J connectivity index is 2.17. The van der Waals surface area contributed by atoms with Gasteiger partial charge >= 0.3 is 6.03 Å². The van der Waals surface area contributed by atoms with E-state index in [0.29, 0.717) is 11.4 Å². The van der Waals surface area contributed by atoms with E-state index < -0.39 is 6.03 Å². The number of carbonyl (C=O) groups is 1. The number of thioether (sulfide) groups is 1. The number of benzene rings is 2. The van der Waals surface area contributed by atoms with Gasteiger partial charge in [0.1, 0.15) is 17.0 Å². The van der Waals surface area contributed by atoms with Crippen LogP contribution in [0.4, 0.5) is 4.79 Å². The molecule has 1 unspecified atom stereocenters. The van der Waals surface area contributed by atoms with Gasteiger partial charge in [-0.25, -0.2) is 15.4 Å². The van der Waals surface area contributed by atoms with Crippen LogP contribution in [0.5, 0.6) is 0 Å². The highest BCUT2D eigenvalue weighted by molar-refractivity contribution is 8.00. The normalized spacial score (nSPS) is 17.6. The third-order valence-corrected chi connectivity index (χ3v) is 5.03. The molecule has 1 saturated heterocycles. The van der Waals surface area contributed by atoms with Gasteiger partial charge in [-0.2, -0.15) is 0 Å². The van der Waals surface area contributed by atoms with Gasteiger partial charge in [-0.1, -0.05) is 36.4 Å². The Bertz CT molecular complexity index is 799. The Morgan fingerprint density at radius 2 is 2.05 bits per heavy atom. The first kappa shape index (κ1) is 14.7. The standard InChI is InChI=1S/C16H15N3O2S/c1-10-6-7-14(13-5-3-2-4-12(10)13)15-19(16(21)18-17)11(8-20)9-22-15/h2-7,15H,9,17H2,1H3,(H,18,21). The van der Waals surface area contributed by atoms with Crippen molar-refractivity contribution in [3.8, 4) is 0 Å². The van der Waals surface area contributed by atoms with Crippen molar-refractivity contribution in [3.05, 3.63) is 53.2 Å². The molecule has 0 bridgehead atoms. The SMILES string of the molecule is Cc1ccc(C2SCC(=C=O)N2C(=O)NN)c2ccccc12. The number of nitrogens with zero attached hydrogens (tertiary/aromatic N) is 1. The number of nitrogens with two attached hydrogens (primary N) is 1. The molecule has 0 aliphatic carbocycles. The highest BCUT2D eigenvalue weighted by Crippen LogP contribution is 2.44. The zero-order valence-electron chi connectivity index (χ0n) is 12.0. The van der Waals surface area contributed by atoms with Crippen molar-refractivity contribution in [1.82, 2.24) is 10.3 Å². The number of hydrogen-bond acceptors (Lipinski definition) is 4. The fourth-order valence-corrected chi connectivity index (χ4v) is 4.01. The van der Waals surface area contributed by atoms with Gasteiger partial charge in [0.2, 0.25) is 0 Å². The molecule has 0 radical (unpaired) electrons. The van der Waals surface area contributed by atoms with Crippen molar-refractivity contribution < 1.29 is 9.59 Å². The van der Waals surface area contributed by atoms with E-state index in [1.807, 2.05) is 36.3 Å². The summed E-state index contributed by atoms with van der Waals surface area (Å²) < 4.78 is 0. The summed E-state index contributed by atoms with van der Waals surface area (Å²) >= 11 is 1.51. The van der Waals surface area contributed by atoms with Crippen molar-refractivity contribution in [3.63, 3.8) is 0 Å². The fourth-order valence-electron chi connectivity index (χ4n) is 2.74. The first-order chi connectivity index (χ1) is 10.7. The van der Waals surface area contributed by atoms with Crippen LogP contribution in [0, 0.1) is 6.92 Å². The molecule has 6 heteroatoms. The molecule has 2 aromatic carbocycles. The Hall–Kier alpha value is -2.27. The van der Waals surface area contributed by atoms with Crippen LogP contribution in [-0.4, -0.2) is 22.6 Å². The van der Waals surface area contributed by atoms with Crippen LogP contribution in [-0.2, 0) is 4.79 Å². The predicted octanol–water partition coefficient (Wildman–Crippen LogP) is 2.49. The van der Waals surface area contributed by atoms with Crippen molar-refractivity contribution in [2.45, 2.75) is 12.3 Å². The summed E-state index contributed by atoms with van der Waals surface area (Å²) in [5.74, 6) is 7.53. The molecule has 2 amide bonds. The molecule has 22 heavy (non-hydrogen) atoms. The zero-order valence-corrected chi connectivity index (χ0v) is 12.8. The van der Waals surface area contributed by atoms with E-state index in [9.17, 15) is 9.59 Å². The van der Waals surface area contributed by atoms with E-state index in [0.717, 1.165) is 16.3 Å². The van der Waals surface area contributed by atoms with Crippen molar-refractivity contribution in [2.24, 2.45) is 5.84 Å². The summed E-state index contributed by atoms with van der Waals surface area (Å²) in [6.45, 7) is 2.05. The number of fused-ring (bicyclic) bond motifs is 1. The Kier molecular flexibility index (Phi) is 3.90. The number of aryl methyl sites for hydroxylation is 1. The van der Waals surface area contributed by atoms with Gasteiger partial charge in [-0.15, -0.1) is 11.8 Å². The lowest BCUT2D eigenvalue weighted by Gasteiger charge is -2.24. The second-order valence-electron chi connectivity index (χ2n) is 5.05. The second-order valence-corrected chi connectivity index (χ2v) is 6.12. The quantitative estimate of drug-likeness (QED) is 0.367. The molecular weight excluding hydrogens is 298 g/mol. The van der Waals surface area contributed by atoms with E-state index in [2.05, 4.69) is 18.4 Å². The number of hydrogen-bond donors (Lipinski definition) is 2. The van der Waals surface area contributed by atoms with Crippen molar-refractivity contribution in [2.75, 3.05) is 5.75 Å². The van der Waals surface area contributed by atoms with Crippen molar-refractivity contribution in [1.29, 1.82) is 0 Å². The zero-order chi connectivity index (χ0) is 15.7. The summed E-state index contributed by atoms with van der Waals surface area (Å²) in [7, 11) is 0. The number of hydrazine groups is 1. The van der Waals surface area contributed by atoms with E-state index in [1.54, 1.807) is 0 Å². The molecule has 1 aliphatic heterocycles. The Labute approximate surface area is 132 Å². The lowest BCUT2D eigenvalue weighted by atomic mass is 10.00. The lowest BCUT2D eigenvalue weighted by molar-refractivity contribution is 0.211. The third kappa shape index (κ3) is 2.27. The van der Waals surface area contributed by atoms with Gasteiger partial charge in [-0.05, 0) is 28.8 Å². The third-order valence-electron chi connectivity index (χ3n) is 3.81. The van der Waals surface area contributed by atoms with Gasteiger partial charge < -0.3 is 0 Å². The number of amides is 2. The van der Waals surface area contributed by atoms with Gasteiger partial charge in [0.05, 0.1) is 0 Å². The van der Waals surface area contributed by atoms with Crippen LogP contribution >= 0.6 is 11.8 Å². The van der Waals surface area contributed by atoms with E-state index in [-0.39, 0.29) is 5.37 Å². The van der Waals surface area contributed by atoms with Gasteiger partial charge in [-0.3, -0.25) is 10.3 Å². The number of carbonyl (C=O) groups excluding carboxylic acids is 2. The minimum atomic E-state index is -0.502. The van der Waals surface area contributed by atoms with E-state index in [4.69, 9.17) is 5.84 Å². The van der Waals surface area contributed by atoms with Gasteiger partial charge in [0.15, 0.2) is 0 Å². The second kappa shape index (κ2) is 5.85. The molecule has 1 aliphatic rings. The first-order valence-electron chi connectivity index (χ1n) is 6.81.